The second-order valence-electron chi connectivity index (χ2n) is 2.29. The predicted octanol–water partition coefficient (Wildman–Crippen LogP) is 2.79. The number of nitrogens with zero attached hydrogens (tertiary/aromatic N) is 2. The number of azo groups is 1. The summed E-state index contributed by atoms with van der Waals surface area (Å²) in [7, 11) is 1.65. The van der Waals surface area contributed by atoms with Gasteiger partial charge in [-0.1, -0.05) is 26.0 Å². The van der Waals surface area contributed by atoms with Crippen molar-refractivity contribution in [2.45, 2.75) is 13.8 Å². The van der Waals surface area contributed by atoms with Gasteiger partial charge in [0.2, 0.25) is 0 Å². The molecule has 0 spiro atoms. The molecule has 0 saturated carbocycles. The summed E-state index contributed by atoms with van der Waals surface area (Å²) in [4.78, 5) is 0. The van der Waals surface area contributed by atoms with Gasteiger partial charge in [0, 0.05) is 13.2 Å². The predicted molar refractivity (Wildman–Crippen MR) is 43.9 cm³/mol. The van der Waals surface area contributed by atoms with Gasteiger partial charge in [0.05, 0.1) is 0 Å². The Morgan fingerprint density at radius 2 is 1.90 bits per heavy atom. The van der Waals surface area contributed by atoms with Crippen LogP contribution in [0.1, 0.15) is 13.8 Å². The highest BCUT2D eigenvalue weighted by molar-refractivity contribution is 5.02. The summed E-state index contributed by atoms with van der Waals surface area (Å²) < 4.78 is 0. The lowest BCUT2D eigenvalue weighted by atomic mass is 10.2. The first kappa shape index (κ1) is 9.08. The molecule has 2 nitrogen and oxygen atoms in total. The highest BCUT2D eigenvalue weighted by atomic mass is 15.1. The van der Waals surface area contributed by atoms with Gasteiger partial charge in [0.1, 0.15) is 0 Å². The fraction of sp³-hybridized carbons (Fsp3) is 0.500. The Hall–Kier alpha value is -0.920. The molecule has 0 rings (SSSR count). The number of rotatable bonds is 3. The van der Waals surface area contributed by atoms with Crippen molar-refractivity contribution in [3.63, 3.8) is 0 Å². The van der Waals surface area contributed by atoms with Crippen molar-refractivity contribution < 1.29 is 0 Å². The smallest absolute Gasteiger partial charge is 0.0491 e. The van der Waals surface area contributed by atoms with Crippen LogP contribution in [0, 0.1) is 5.92 Å². The molecule has 0 unspecified atom stereocenters. The zero-order valence-corrected chi connectivity index (χ0v) is 6.78. The van der Waals surface area contributed by atoms with E-state index in [9.17, 15) is 0 Å². The van der Waals surface area contributed by atoms with Gasteiger partial charge in [-0.2, -0.15) is 10.2 Å². The first-order chi connectivity index (χ1) is 4.77. The second kappa shape index (κ2) is 6.20. The SMILES string of the molecule is C\N=N/C=C\C=C\C(C)C. The van der Waals surface area contributed by atoms with Gasteiger partial charge >= 0.3 is 0 Å². The maximum Gasteiger partial charge on any atom is 0.0491 e. The van der Waals surface area contributed by atoms with Gasteiger partial charge in [-0.3, -0.25) is 0 Å². The van der Waals surface area contributed by atoms with E-state index in [-0.39, 0.29) is 0 Å². The molecule has 0 saturated heterocycles. The Labute approximate surface area is 62.4 Å². The summed E-state index contributed by atoms with van der Waals surface area (Å²) in [6.45, 7) is 4.26. The molecule has 10 heavy (non-hydrogen) atoms. The normalized spacial score (nSPS) is 13.2. The lowest BCUT2D eigenvalue weighted by molar-refractivity contribution is 0.832. The van der Waals surface area contributed by atoms with Gasteiger partial charge in [0.25, 0.3) is 0 Å². The van der Waals surface area contributed by atoms with E-state index in [1.165, 1.54) is 0 Å². The van der Waals surface area contributed by atoms with E-state index in [0.717, 1.165) is 0 Å². The molecule has 0 N–H and O–H groups in total. The Kier molecular flexibility index (Phi) is 5.63. The van der Waals surface area contributed by atoms with E-state index >= 15 is 0 Å². The van der Waals surface area contributed by atoms with Gasteiger partial charge in [-0.05, 0) is 12.0 Å². The summed E-state index contributed by atoms with van der Waals surface area (Å²) in [5.41, 5.74) is 0. The van der Waals surface area contributed by atoms with Crippen molar-refractivity contribution >= 4 is 0 Å². The lowest BCUT2D eigenvalue weighted by Crippen LogP contribution is -1.74. The Balaban J connectivity index is 3.51. The standard InChI is InChI=1S/C8H14N2/c1-8(2)6-4-5-7-10-9-3/h4-8H,1-3H3/b6-4+,7-5-,10-9-. The minimum atomic E-state index is 0.600. The average Bonchev–Trinajstić information content (AvgIpc) is 1.87. The van der Waals surface area contributed by atoms with Crippen LogP contribution in [-0.2, 0) is 0 Å². The number of allylic oxidation sites excluding steroid dienone is 3. The third-order valence-electron chi connectivity index (χ3n) is 0.875. The molecule has 0 radical (unpaired) electrons. The maximum absolute atomic E-state index is 3.66. The third-order valence-corrected chi connectivity index (χ3v) is 0.875. The maximum atomic E-state index is 3.66. The largest absolute Gasteiger partial charge is 0.193 e. The molecule has 0 aliphatic rings. The van der Waals surface area contributed by atoms with Gasteiger partial charge in [-0.15, -0.1) is 0 Å². The molecule has 0 aliphatic carbocycles. The van der Waals surface area contributed by atoms with Crippen LogP contribution >= 0.6 is 0 Å². The monoisotopic (exact) mass is 138 g/mol. The van der Waals surface area contributed by atoms with Crippen molar-refractivity contribution in [2.75, 3.05) is 7.05 Å². The summed E-state index contributed by atoms with van der Waals surface area (Å²) in [5, 5.41) is 7.22. The topological polar surface area (TPSA) is 24.7 Å². The lowest BCUT2D eigenvalue weighted by Gasteiger charge is -1.88. The molecule has 0 aromatic heterocycles. The first-order valence-corrected chi connectivity index (χ1v) is 3.39. The van der Waals surface area contributed by atoms with Crippen LogP contribution in [0.4, 0.5) is 0 Å². The van der Waals surface area contributed by atoms with E-state index in [1.54, 1.807) is 13.2 Å². The molecule has 0 atom stereocenters. The van der Waals surface area contributed by atoms with Crippen molar-refractivity contribution in [3.8, 4) is 0 Å². The second-order valence-corrected chi connectivity index (χ2v) is 2.29. The van der Waals surface area contributed by atoms with Crippen LogP contribution in [-0.4, -0.2) is 7.05 Å². The van der Waals surface area contributed by atoms with Crippen LogP contribution < -0.4 is 0 Å². The Bertz CT molecular complexity index is 143. The molecular weight excluding hydrogens is 124 g/mol. The molecule has 0 heterocycles. The van der Waals surface area contributed by atoms with Crippen LogP contribution in [0.5, 0.6) is 0 Å². The Morgan fingerprint density at radius 3 is 2.40 bits per heavy atom. The summed E-state index contributed by atoms with van der Waals surface area (Å²) in [5.74, 6) is 0.600. The Morgan fingerprint density at radius 1 is 1.20 bits per heavy atom. The van der Waals surface area contributed by atoms with Crippen LogP contribution in [0.3, 0.4) is 0 Å². The van der Waals surface area contributed by atoms with E-state index in [0.29, 0.717) is 5.92 Å². The van der Waals surface area contributed by atoms with E-state index < -0.39 is 0 Å². The molecule has 0 aliphatic heterocycles. The van der Waals surface area contributed by atoms with Crippen LogP contribution in [0.15, 0.2) is 34.7 Å². The highest BCUT2D eigenvalue weighted by Gasteiger charge is 1.78. The molecule has 0 amide bonds. The van der Waals surface area contributed by atoms with Crippen LogP contribution in [0.2, 0.25) is 0 Å². The minimum absolute atomic E-state index is 0.600. The summed E-state index contributed by atoms with van der Waals surface area (Å²) >= 11 is 0. The van der Waals surface area contributed by atoms with Gasteiger partial charge in [0.15, 0.2) is 0 Å². The number of hydrogen-bond donors (Lipinski definition) is 0. The molecule has 0 aromatic rings. The molecule has 56 valence electrons. The molecule has 0 fully saturated rings. The summed E-state index contributed by atoms with van der Waals surface area (Å²) in [6.07, 6.45) is 7.60. The van der Waals surface area contributed by atoms with Crippen molar-refractivity contribution in [3.05, 3.63) is 24.4 Å². The zero-order chi connectivity index (χ0) is 7.82. The van der Waals surface area contributed by atoms with E-state index in [1.807, 2.05) is 12.2 Å². The van der Waals surface area contributed by atoms with Gasteiger partial charge < -0.3 is 0 Å². The molecule has 2 heteroatoms. The quantitative estimate of drug-likeness (QED) is 0.423. The molecule has 0 aromatic carbocycles. The first-order valence-electron chi connectivity index (χ1n) is 3.39. The summed E-state index contributed by atoms with van der Waals surface area (Å²) in [6, 6.07) is 0. The van der Waals surface area contributed by atoms with E-state index in [4.69, 9.17) is 0 Å². The van der Waals surface area contributed by atoms with Crippen LogP contribution in [0.25, 0.3) is 0 Å². The number of hydrogen-bond acceptors (Lipinski definition) is 2. The van der Waals surface area contributed by atoms with Gasteiger partial charge in [-0.25, -0.2) is 0 Å². The fourth-order valence-electron chi connectivity index (χ4n) is 0.441. The minimum Gasteiger partial charge on any atom is -0.193 e. The van der Waals surface area contributed by atoms with Crippen molar-refractivity contribution in [1.82, 2.24) is 0 Å². The average molecular weight is 138 g/mol. The molecule has 0 bridgehead atoms. The third kappa shape index (κ3) is 7.08. The van der Waals surface area contributed by atoms with E-state index in [2.05, 4.69) is 30.2 Å². The fourth-order valence-corrected chi connectivity index (χ4v) is 0.441. The van der Waals surface area contributed by atoms with Crippen molar-refractivity contribution in [2.24, 2.45) is 16.1 Å². The molecular formula is C8H14N2. The zero-order valence-electron chi connectivity index (χ0n) is 6.78. The highest BCUT2D eigenvalue weighted by Crippen LogP contribution is 1.93. The van der Waals surface area contributed by atoms with Crippen molar-refractivity contribution in [1.29, 1.82) is 0 Å².